The van der Waals surface area contributed by atoms with Crippen molar-refractivity contribution in [1.82, 2.24) is 0 Å². The summed E-state index contributed by atoms with van der Waals surface area (Å²) in [6.07, 6.45) is -1.96. The maximum Gasteiger partial charge on any atom is 0.573 e. The van der Waals surface area contributed by atoms with E-state index in [0.717, 1.165) is 4.47 Å². The van der Waals surface area contributed by atoms with Crippen molar-refractivity contribution < 1.29 is 22.7 Å². The van der Waals surface area contributed by atoms with E-state index in [1.165, 1.54) is 36.5 Å². The molecule has 0 bridgehead atoms. The molecule has 0 aliphatic heterocycles. The van der Waals surface area contributed by atoms with Crippen molar-refractivity contribution in [2.24, 2.45) is 0 Å². The summed E-state index contributed by atoms with van der Waals surface area (Å²) < 4.78 is 40.7. The second kappa shape index (κ2) is 7.32. The number of anilines is 1. The Morgan fingerprint density at radius 1 is 1.04 bits per heavy atom. The zero-order valence-corrected chi connectivity index (χ0v) is 13.2. The predicted molar refractivity (Wildman–Crippen MR) is 84.4 cm³/mol. The molecular weight excluding hydrogens is 375 g/mol. The molecule has 2 rings (SSSR count). The SMILES string of the molecule is O=C(C=CNc1ccc(OC(F)(F)F)cc1)c1ccc(Br)cc1. The number of carbonyl (C=O) groups is 1. The highest BCUT2D eigenvalue weighted by Crippen LogP contribution is 2.23. The normalized spacial score (nSPS) is 11.5. The van der Waals surface area contributed by atoms with Gasteiger partial charge in [0.2, 0.25) is 0 Å². The smallest absolute Gasteiger partial charge is 0.406 e. The van der Waals surface area contributed by atoms with Crippen LogP contribution in [-0.4, -0.2) is 12.1 Å². The zero-order chi connectivity index (χ0) is 16.9. The Bertz CT molecular complexity index is 695. The highest BCUT2D eigenvalue weighted by Gasteiger charge is 2.30. The van der Waals surface area contributed by atoms with Gasteiger partial charge in [0.15, 0.2) is 5.78 Å². The Balaban J connectivity index is 1.92. The molecule has 0 amide bonds. The molecule has 0 aromatic heterocycles. The highest BCUT2D eigenvalue weighted by atomic mass is 79.9. The number of nitrogens with one attached hydrogen (secondary N) is 1. The summed E-state index contributed by atoms with van der Waals surface area (Å²) in [6.45, 7) is 0. The Morgan fingerprint density at radius 2 is 1.65 bits per heavy atom. The number of halogens is 4. The van der Waals surface area contributed by atoms with Gasteiger partial charge in [-0.25, -0.2) is 0 Å². The van der Waals surface area contributed by atoms with E-state index in [0.29, 0.717) is 11.3 Å². The van der Waals surface area contributed by atoms with Crippen molar-refractivity contribution in [2.45, 2.75) is 6.36 Å². The first-order valence-corrected chi connectivity index (χ1v) is 7.21. The maximum atomic E-state index is 12.0. The van der Waals surface area contributed by atoms with Gasteiger partial charge in [-0.15, -0.1) is 13.2 Å². The molecule has 1 N–H and O–H groups in total. The average molecular weight is 386 g/mol. The number of benzene rings is 2. The van der Waals surface area contributed by atoms with Crippen LogP contribution in [-0.2, 0) is 0 Å². The average Bonchev–Trinajstić information content (AvgIpc) is 2.48. The van der Waals surface area contributed by atoms with Gasteiger partial charge in [0.1, 0.15) is 5.75 Å². The molecule has 120 valence electrons. The van der Waals surface area contributed by atoms with Crippen LogP contribution < -0.4 is 10.1 Å². The summed E-state index contributed by atoms with van der Waals surface area (Å²) in [4.78, 5) is 11.9. The Hall–Kier alpha value is -2.28. The van der Waals surface area contributed by atoms with E-state index in [9.17, 15) is 18.0 Å². The fraction of sp³-hybridized carbons (Fsp3) is 0.0625. The van der Waals surface area contributed by atoms with Crippen molar-refractivity contribution in [3.8, 4) is 5.75 Å². The number of rotatable bonds is 5. The van der Waals surface area contributed by atoms with E-state index < -0.39 is 6.36 Å². The lowest BCUT2D eigenvalue weighted by Gasteiger charge is -2.09. The topological polar surface area (TPSA) is 38.3 Å². The summed E-state index contributed by atoms with van der Waals surface area (Å²) in [5.41, 5.74) is 1.06. The van der Waals surface area contributed by atoms with Gasteiger partial charge in [0.05, 0.1) is 0 Å². The lowest BCUT2D eigenvalue weighted by atomic mass is 10.1. The summed E-state index contributed by atoms with van der Waals surface area (Å²) in [6, 6.07) is 12.1. The monoisotopic (exact) mass is 385 g/mol. The van der Waals surface area contributed by atoms with Gasteiger partial charge in [-0.3, -0.25) is 4.79 Å². The highest BCUT2D eigenvalue weighted by molar-refractivity contribution is 9.10. The fourth-order valence-electron chi connectivity index (χ4n) is 1.68. The van der Waals surface area contributed by atoms with Gasteiger partial charge >= 0.3 is 6.36 Å². The molecule has 0 saturated heterocycles. The number of hydrogen-bond donors (Lipinski definition) is 1. The first-order valence-electron chi connectivity index (χ1n) is 6.42. The third-order valence-corrected chi connectivity index (χ3v) is 3.23. The van der Waals surface area contributed by atoms with E-state index in [-0.39, 0.29) is 11.5 Å². The number of allylic oxidation sites excluding steroid dienone is 1. The molecule has 7 heteroatoms. The van der Waals surface area contributed by atoms with Crippen LogP contribution in [0, 0.1) is 0 Å². The predicted octanol–water partition coefficient (Wildman–Crippen LogP) is 5.16. The van der Waals surface area contributed by atoms with Crippen LogP contribution in [0.1, 0.15) is 10.4 Å². The molecule has 0 fully saturated rings. The van der Waals surface area contributed by atoms with Gasteiger partial charge in [-0.05, 0) is 48.5 Å². The molecule has 0 heterocycles. The van der Waals surface area contributed by atoms with Crippen molar-refractivity contribution in [3.63, 3.8) is 0 Å². The summed E-state index contributed by atoms with van der Waals surface area (Å²) >= 11 is 3.28. The van der Waals surface area contributed by atoms with Gasteiger partial charge in [0.25, 0.3) is 0 Å². The summed E-state index contributed by atoms with van der Waals surface area (Å²) in [7, 11) is 0. The Labute approximate surface area is 138 Å². The first kappa shape index (κ1) is 17.1. The van der Waals surface area contributed by atoms with Crippen LogP contribution in [0.15, 0.2) is 65.3 Å². The minimum atomic E-state index is -4.72. The Kier molecular flexibility index (Phi) is 5.44. The van der Waals surface area contributed by atoms with Crippen molar-refractivity contribution in [1.29, 1.82) is 0 Å². The van der Waals surface area contributed by atoms with Crippen molar-refractivity contribution >= 4 is 27.4 Å². The van der Waals surface area contributed by atoms with Gasteiger partial charge in [-0.1, -0.05) is 15.9 Å². The number of carbonyl (C=O) groups excluding carboxylic acids is 1. The molecule has 0 spiro atoms. The number of ether oxygens (including phenoxy) is 1. The van der Waals surface area contributed by atoms with E-state index >= 15 is 0 Å². The molecule has 0 radical (unpaired) electrons. The molecule has 0 aliphatic rings. The maximum absolute atomic E-state index is 12.0. The largest absolute Gasteiger partial charge is 0.573 e. The van der Waals surface area contributed by atoms with E-state index in [2.05, 4.69) is 26.0 Å². The van der Waals surface area contributed by atoms with Crippen LogP contribution in [0.25, 0.3) is 0 Å². The van der Waals surface area contributed by atoms with Crippen LogP contribution in [0.2, 0.25) is 0 Å². The Morgan fingerprint density at radius 3 is 2.22 bits per heavy atom. The lowest BCUT2D eigenvalue weighted by Crippen LogP contribution is -2.16. The van der Waals surface area contributed by atoms with Gasteiger partial charge < -0.3 is 10.1 Å². The molecule has 2 aromatic carbocycles. The molecule has 0 atom stereocenters. The minimum Gasteiger partial charge on any atom is -0.406 e. The fourth-order valence-corrected chi connectivity index (χ4v) is 1.94. The van der Waals surface area contributed by atoms with Crippen molar-refractivity contribution in [2.75, 3.05) is 5.32 Å². The third-order valence-electron chi connectivity index (χ3n) is 2.70. The molecular formula is C16H11BrF3NO2. The summed E-state index contributed by atoms with van der Waals surface area (Å²) in [5.74, 6) is -0.500. The molecule has 0 aliphatic carbocycles. The van der Waals surface area contributed by atoms with Crippen molar-refractivity contribution in [3.05, 3.63) is 70.8 Å². The molecule has 23 heavy (non-hydrogen) atoms. The lowest BCUT2D eigenvalue weighted by molar-refractivity contribution is -0.274. The van der Waals surface area contributed by atoms with Crippen LogP contribution >= 0.6 is 15.9 Å². The third kappa shape index (κ3) is 5.78. The molecule has 3 nitrogen and oxygen atoms in total. The molecule has 0 saturated carbocycles. The molecule has 0 unspecified atom stereocenters. The van der Waals surface area contributed by atoms with Crippen LogP contribution in [0.3, 0.4) is 0 Å². The minimum absolute atomic E-state index is 0.193. The molecule has 2 aromatic rings. The second-order valence-electron chi connectivity index (χ2n) is 4.42. The number of ketones is 1. The van der Waals surface area contributed by atoms with Gasteiger partial charge in [0, 0.05) is 28.0 Å². The zero-order valence-electron chi connectivity index (χ0n) is 11.6. The van der Waals surface area contributed by atoms with Crippen LogP contribution in [0.4, 0.5) is 18.9 Å². The van der Waals surface area contributed by atoms with E-state index in [1.54, 1.807) is 24.3 Å². The van der Waals surface area contributed by atoms with E-state index in [1.807, 2.05) is 0 Å². The van der Waals surface area contributed by atoms with Crippen LogP contribution in [0.5, 0.6) is 5.75 Å². The number of alkyl halides is 3. The summed E-state index contributed by atoms with van der Waals surface area (Å²) in [5, 5.41) is 2.80. The second-order valence-corrected chi connectivity index (χ2v) is 5.34. The van der Waals surface area contributed by atoms with Gasteiger partial charge in [-0.2, -0.15) is 0 Å². The number of hydrogen-bond acceptors (Lipinski definition) is 3. The quantitative estimate of drug-likeness (QED) is 0.570. The first-order chi connectivity index (χ1) is 10.8. The standard InChI is InChI=1S/C16H11BrF3NO2/c17-12-3-1-11(2-4-12)15(22)9-10-21-13-5-7-14(8-6-13)23-16(18,19)20/h1-10,21H. The van der Waals surface area contributed by atoms with E-state index in [4.69, 9.17) is 0 Å².